The van der Waals surface area contributed by atoms with E-state index in [2.05, 4.69) is 4.98 Å². The number of hydrogen-bond donors (Lipinski definition) is 1. The fourth-order valence-electron chi connectivity index (χ4n) is 1.85. The molecule has 4 heteroatoms. The molecule has 0 fully saturated rings. The third-order valence-corrected chi connectivity index (χ3v) is 2.84. The van der Waals surface area contributed by atoms with E-state index >= 15 is 0 Å². The second-order valence-electron chi connectivity index (χ2n) is 4.21. The van der Waals surface area contributed by atoms with Crippen LogP contribution in [0.4, 0.5) is 5.82 Å². The van der Waals surface area contributed by atoms with Crippen LogP contribution in [0.25, 0.3) is 0 Å². The summed E-state index contributed by atoms with van der Waals surface area (Å²) in [5, 5.41) is 0.722. The number of pyridine rings is 1. The number of benzene rings is 1. The molecule has 2 rings (SSSR count). The van der Waals surface area contributed by atoms with Gasteiger partial charge in [0.05, 0.1) is 5.69 Å². The average Bonchev–Trinajstić information content (AvgIpc) is 2.27. The van der Waals surface area contributed by atoms with Crippen molar-refractivity contribution >= 4 is 17.4 Å². The molecule has 1 aromatic heterocycles. The van der Waals surface area contributed by atoms with Crippen LogP contribution >= 0.6 is 11.6 Å². The minimum Gasteiger partial charge on any atom is -0.487 e. The molecule has 2 aromatic rings. The number of aryl methyl sites for hydroxylation is 2. The minimum absolute atomic E-state index is 0.397. The largest absolute Gasteiger partial charge is 0.487 e. The predicted octanol–water partition coefficient (Wildman–Crippen LogP) is 3.51. The molecule has 18 heavy (non-hydrogen) atoms. The van der Waals surface area contributed by atoms with Crippen molar-refractivity contribution in [3.05, 3.63) is 52.2 Å². The van der Waals surface area contributed by atoms with Gasteiger partial charge in [-0.2, -0.15) is 0 Å². The SMILES string of the molecule is Cc1cc(Cl)cc(C)c1OCc1cccc(N)n1. The predicted molar refractivity (Wildman–Crippen MR) is 73.9 cm³/mol. The quantitative estimate of drug-likeness (QED) is 0.921. The average molecular weight is 263 g/mol. The lowest BCUT2D eigenvalue weighted by molar-refractivity contribution is 0.297. The Labute approximate surface area is 112 Å². The Morgan fingerprint density at radius 1 is 1.22 bits per heavy atom. The third kappa shape index (κ3) is 2.93. The molecular formula is C14H15ClN2O. The number of nitrogen functional groups attached to an aromatic ring is 1. The summed E-state index contributed by atoms with van der Waals surface area (Å²) in [6.45, 7) is 4.34. The maximum Gasteiger partial charge on any atom is 0.130 e. The monoisotopic (exact) mass is 262 g/mol. The van der Waals surface area contributed by atoms with Gasteiger partial charge >= 0.3 is 0 Å². The lowest BCUT2D eigenvalue weighted by Gasteiger charge is -2.12. The summed E-state index contributed by atoms with van der Waals surface area (Å²) in [6, 6.07) is 9.27. The van der Waals surface area contributed by atoms with Crippen molar-refractivity contribution in [2.75, 3.05) is 5.73 Å². The van der Waals surface area contributed by atoms with Gasteiger partial charge in [0.25, 0.3) is 0 Å². The molecule has 0 bridgehead atoms. The summed E-state index contributed by atoms with van der Waals surface area (Å²) in [7, 11) is 0. The second-order valence-corrected chi connectivity index (χ2v) is 4.65. The Morgan fingerprint density at radius 3 is 2.50 bits per heavy atom. The van der Waals surface area contributed by atoms with Crippen LogP contribution in [0.2, 0.25) is 5.02 Å². The van der Waals surface area contributed by atoms with Crippen molar-refractivity contribution in [2.24, 2.45) is 0 Å². The molecule has 0 amide bonds. The normalized spacial score (nSPS) is 10.4. The molecule has 0 saturated heterocycles. The molecule has 0 aliphatic heterocycles. The first kappa shape index (κ1) is 12.7. The van der Waals surface area contributed by atoms with Gasteiger partial charge in [0.15, 0.2) is 0 Å². The Morgan fingerprint density at radius 2 is 1.89 bits per heavy atom. The Balaban J connectivity index is 2.16. The Hall–Kier alpha value is -1.74. The van der Waals surface area contributed by atoms with Crippen molar-refractivity contribution < 1.29 is 4.74 Å². The number of nitrogens with two attached hydrogens (primary N) is 1. The van der Waals surface area contributed by atoms with Gasteiger partial charge in [-0.15, -0.1) is 0 Å². The molecule has 0 atom stereocenters. The lowest BCUT2D eigenvalue weighted by Crippen LogP contribution is -2.02. The maximum absolute atomic E-state index is 5.98. The molecule has 94 valence electrons. The minimum atomic E-state index is 0.397. The van der Waals surface area contributed by atoms with E-state index in [9.17, 15) is 0 Å². The smallest absolute Gasteiger partial charge is 0.130 e. The lowest BCUT2D eigenvalue weighted by atomic mass is 10.1. The van der Waals surface area contributed by atoms with Crippen molar-refractivity contribution in [2.45, 2.75) is 20.5 Å². The van der Waals surface area contributed by atoms with Gasteiger partial charge in [0.2, 0.25) is 0 Å². The van der Waals surface area contributed by atoms with Gasteiger partial charge < -0.3 is 10.5 Å². The summed E-state index contributed by atoms with van der Waals surface area (Å²) < 4.78 is 5.79. The molecule has 3 nitrogen and oxygen atoms in total. The van der Waals surface area contributed by atoms with Crippen LogP contribution in [-0.2, 0) is 6.61 Å². The van der Waals surface area contributed by atoms with Crippen LogP contribution in [-0.4, -0.2) is 4.98 Å². The molecule has 0 spiro atoms. The van der Waals surface area contributed by atoms with Crippen LogP contribution in [0.5, 0.6) is 5.75 Å². The van der Waals surface area contributed by atoms with Crippen LogP contribution in [0, 0.1) is 13.8 Å². The van der Waals surface area contributed by atoms with E-state index in [-0.39, 0.29) is 0 Å². The summed E-state index contributed by atoms with van der Waals surface area (Å²) in [5.41, 5.74) is 8.47. The van der Waals surface area contributed by atoms with E-state index in [0.717, 1.165) is 27.6 Å². The molecule has 0 saturated carbocycles. The number of anilines is 1. The molecular weight excluding hydrogens is 248 g/mol. The summed E-state index contributed by atoms with van der Waals surface area (Å²) in [5.74, 6) is 1.35. The van der Waals surface area contributed by atoms with E-state index in [0.29, 0.717) is 12.4 Å². The van der Waals surface area contributed by atoms with E-state index in [1.54, 1.807) is 6.07 Å². The standard InChI is InChI=1S/C14H15ClN2O/c1-9-6-11(15)7-10(2)14(9)18-8-12-4-3-5-13(16)17-12/h3-7H,8H2,1-2H3,(H2,16,17). The number of aromatic nitrogens is 1. The van der Waals surface area contributed by atoms with Crippen LogP contribution in [0.15, 0.2) is 30.3 Å². The van der Waals surface area contributed by atoms with Gasteiger partial charge in [0.1, 0.15) is 18.2 Å². The highest BCUT2D eigenvalue weighted by atomic mass is 35.5. The van der Waals surface area contributed by atoms with Crippen LogP contribution in [0.3, 0.4) is 0 Å². The Bertz CT molecular complexity index is 546. The topological polar surface area (TPSA) is 48.1 Å². The van der Waals surface area contributed by atoms with E-state index in [1.807, 2.05) is 38.1 Å². The second kappa shape index (κ2) is 5.27. The molecule has 0 aliphatic carbocycles. The zero-order chi connectivity index (χ0) is 13.1. The van der Waals surface area contributed by atoms with Gasteiger partial charge in [-0.3, -0.25) is 0 Å². The van der Waals surface area contributed by atoms with E-state index < -0.39 is 0 Å². The van der Waals surface area contributed by atoms with E-state index in [1.165, 1.54) is 0 Å². The van der Waals surface area contributed by atoms with Gasteiger partial charge in [0, 0.05) is 5.02 Å². The summed E-state index contributed by atoms with van der Waals surface area (Å²) in [4.78, 5) is 4.19. The number of hydrogen-bond acceptors (Lipinski definition) is 3. The number of ether oxygens (including phenoxy) is 1. The molecule has 0 unspecified atom stereocenters. The highest BCUT2D eigenvalue weighted by Gasteiger charge is 2.06. The fourth-order valence-corrected chi connectivity index (χ4v) is 2.18. The summed E-state index contributed by atoms with van der Waals surface area (Å²) >= 11 is 5.98. The number of halogens is 1. The molecule has 2 N–H and O–H groups in total. The maximum atomic E-state index is 5.98. The summed E-state index contributed by atoms with van der Waals surface area (Å²) in [6.07, 6.45) is 0. The molecule has 0 aliphatic rings. The van der Waals surface area contributed by atoms with Crippen LogP contribution < -0.4 is 10.5 Å². The molecule has 1 aromatic carbocycles. The molecule has 1 heterocycles. The first-order chi connectivity index (χ1) is 8.56. The number of rotatable bonds is 3. The van der Waals surface area contributed by atoms with Gasteiger partial charge in [-0.05, 0) is 49.2 Å². The fraction of sp³-hybridized carbons (Fsp3) is 0.214. The van der Waals surface area contributed by atoms with Gasteiger partial charge in [-0.25, -0.2) is 4.98 Å². The third-order valence-electron chi connectivity index (χ3n) is 2.62. The van der Waals surface area contributed by atoms with Gasteiger partial charge in [-0.1, -0.05) is 17.7 Å². The highest BCUT2D eigenvalue weighted by Crippen LogP contribution is 2.27. The zero-order valence-corrected chi connectivity index (χ0v) is 11.2. The number of nitrogens with zero attached hydrogens (tertiary/aromatic N) is 1. The molecule has 0 radical (unpaired) electrons. The van der Waals surface area contributed by atoms with Crippen molar-refractivity contribution in [1.29, 1.82) is 0 Å². The Kier molecular flexibility index (Phi) is 3.72. The van der Waals surface area contributed by atoms with Crippen molar-refractivity contribution in [3.63, 3.8) is 0 Å². The van der Waals surface area contributed by atoms with E-state index in [4.69, 9.17) is 22.1 Å². The van der Waals surface area contributed by atoms with Crippen LogP contribution in [0.1, 0.15) is 16.8 Å². The van der Waals surface area contributed by atoms with Crippen molar-refractivity contribution in [3.8, 4) is 5.75 Å². The van der Waals surface area contributed by atoms with Crippen molar-refractivity contribution in [1.82, 2.24) is 4.98 Å². The first-order valence-electron chi connectivity index (χ1n) is 5.67. The first-order valence-corrected chi connectivity index (χ1v) is 6.05. The zero-order valence-electron chi connectivity index (χ0n) is 10.4. The highest BCUT2D eigenvalue weighted by molar-refractivity contribution is 6.30.